The van der Waals surface area contributed by atoms with Crippen LogP contribution in [0.1, 0.15) is 36.8 Å². The molecule has 0 saturated heterocycles. The standard InChI is InChI=1S/C29H30Cl2N2O2S/c30-25-16-9-17-26(31)24(25)19-33(28(34)20-36-23-14-5-2-6-15-23)27(18-21-10-3-1-4-11-21)29(35)32-22-12-7-8-13-22/h1-6,9-11,14-17,22,27H,7-8,12-13,18-20H2,(H,32,35)/t27-/m1/s1. The summed E-state index contributed by atoms with van der Waals surface area (Å²) >= 11 is 14.5. The normalized spacial score (nSPS) is 14.4. The number of amides is 2. The molecule has 1 atom stereocenters. The molecule has 3 aromatic rings. The number of halogens is 2. The molecule has 1 aliphatic rings. The fourth-order valence-electron chi connectivity index (χ4n) is 4.52. The second-order valence-electron chi connectivity index (χ2n) is 9.02. The molecule has 188 valence electrons. The number of hydrogen-bond acceptors (Lipinski definition) is 3. The summed E-state index contributed by atoms with van der Waals surface area (Å²) < 4.78 is 0. The van der Waals surface area contributed by atoms with Gasteiger partial charge >= 0.3 is 0 Å². The first kappa shape index (κ1) is 26.6. The van der Waals surface area contributed by atoms with Gasteiger partial charge in [-0.2, -0.15) is 0 Å². The Labute approximate surface area is 227 Å². The van der Waals surface area contributed by atoms with E-state index in [2.05, 4.69) is 5.32 Å². The Kier molecular flexibility index (Phi) is 9.74. The van der Waals surface area contributed by atoms with Crippen LogP contribution in [0.15, 0.2) is 83.8 Å². The third kappa shape index (κ3) is 7.28. The minimum absolute atomic E-state index is 0.132. The molecule has 3 aromatic carbocycles. The summed E-state index contributed by atoms with van der Waals surface area (Å²) in [5, 5.41) is 4.17. The first-order chi connectivity index (χ1) is 17.5. The molecule has 0 bridgehead atoms. The minimum atomic E-state index is -0.691. The van der Waals surface area contributed by atoms with E-state index in [9.17, 15) is 9.59 Å². The molecular formula is C29H30Cl2N2O2S. The van der Waals surface area contributed by atoms with Gasteiger partial charge in [-0.15, -0.1) is 11.8 Å². The lowest BCUT2D eigenvalue weighted by Gasteiger charge is -2.33. The van der Waals surface area contributed by atoms with E-state index in [1.807, 2.05) is 60.7 Å². The molecule has 1 N–H and O–H groups in total. The number of thioether (sulfide) groups is 1. The van der Waals surface area contributed by atoms with E-state index in [-0.39, 0.29) is 30.2 Å². The molecule has 0 aromatic heterocycles. The Morgan fingerprint density at radius 1 is 0.889 bits per heavy atom. The molecule has 1 saturated carbocycles. The lowest BCUT2D eigenvalue weighted by Crippen LogP contribution is -2.52. The SMILES string of the molecule is O=C(NC1CCCC1)[C@@H](Cc1ccccc1)N(Cc1c(Cl)cccc1Cl)C(=O)CSc1ccccc1. The van der Waals surface area contributed by atoms with Crippen LogP contribution < -0.4 is 5.32 Å². The monoisotopic (exact) mass is 540 g/mol. The van der Waals surface area contributed by atoms with Gasteiger partial charge in [0.15, 0.2) is 0 Å². The molecule has 4 rings (SSSR count). The maximum absolute atomic E-state index is 13.8. The van der Waals surface area contributed by atoms with E-state index in [1.165, 1.54) is 11.8 Å². The third-order valence-corrected chi connectivity index (χ3v) is 8.17. The Morgan fingerprint density at radius 2 is 1.50 bits per heavy atom. The third-order valence-electron chi connectivity index (χ3n) is 6.47. The molecule has 1 fully saturated rings. The van der Waals surface area contributed by atoms with Crippen molar-refractivity contribution in [1.82, 2.24) is 10.2 Å². The number of benzene rings is 3. The highest BCUT2D eigenvalue weighted by Crippen LogP contribution is 2.28. The highest BCUT2D eigenvalue weighted by Gasteiger charge is 2.32. The molecule has 7 heteroatoms. The van der Waals surface area contributed by atoms with Crippen LogP contribution in [0.2, 0.25) is 10.0 Å². The number of carbonyl (C=O) groups excluding carboxylic acids is 2. The van der Waals surface area contributed by atoms with E-state index < -0.39 is 6.04 Å². The van der Waals surface area contributed by atoms with Gasteiger partial charge in [-0.1, -0.05) is 90.6 Å². The van der Waals surface area contributed by atoms with Crippen molar-refractivity contribution in [3.05, 3.63) is 100 Å². The quantitative estimate of drug-likeness (QED) is 0.288. The first-order valence-corrected chi connectivity index (χ1v) is 14.0. The summed E-state index contributed by atoms with van der Waals surface area (Å²) in [6.45, 7) is 0.155. The first-order valence-electron chi connectivity index (χ1n) is 12.3. The molecule has 0 heterocycles. The van der Waals surface area contributed by atoms with Crippen LogP contribution in [-0.2, 0) is 22.6 Å². The number of nitrogens with one attached hydrogen (secondary N) is 1. The molecule has 0 radical (unpaired) electrons. The summed E-state index contributed by atoms with van der Waals surface area (Å²) in [6, 6.07) is 24.3. The summed E-state index contributed by atoms with van der Waals surface area (Å²) in [4.78, 5) is 30.1. The van der Waals surface area contributed by atoms with Gasteiger partial charge in [0, 0.05) is 39.5 Å². The van der Waals surface area contributed by atoms with Crippen molar-refractivity contribution in [2.24, 2.45) is 0 Å². The lowest BCUT2D eigenvalue weighted by molar-refractivity contribution is -0.139. The zero-order valence-electron chi connectivity index (χ0n) is 20.0. The van der Waals surface area contributed by atoms with Crippen molar-refractivity contribution in [3.63, 3.8) is 0 Å². The molecule has 0 spiro atoms. The minimum Gasteiger partial charge on any atom is -0.352 e. The average molecular weight is 542 g/mol. The van der Waals surface area contributed by atoms with Crippen LogP contribution >= 0.6 is 35.0 Å². The van der Waals surface area contributed by atoms with Gasteiger partial charge in [-0.25, -0.2) is 0 Å². The largest absolute Gasteiger partial charge is 0.352 e. The predicted octanol–water partition coefficient (Wildman–Crippen LogP) is 6.78. The van der Waals surface area contributed by atoms with Crippen molar-refractivity contribution in [2.45, 2.75) is 55.6 Å². The van der Waals surface area contributed by atoms with E-state index in [0.29, 0.717) is 22.0 Å². The predicted molar refractivity (Wildman–Crippen MR) is 149 cm³/mol. The van der Waals surface area contributed by atoms with Crippen LogP contribution in [0.5, 0.6) is 0 Å². The molecule has 36 heavy (non-hydrogen) atoms. The Balaban J connectivity index is 1.65. The van der Waals surface area contributed by atoms with Crippen molar-refractivity contribution in [3.8, 4) is 0 Å². The van der Waals surface area contributed by atoms with Gasteiger partial charge in [0.1, 0.15) is 6.04 Å². The van der Waals surface area contributed by atoms with Crippen molar-refractivity contribution in [1.29, 1.82) is 0 Å². The van der Waals surface area contributed by atoms with Crippen molar-refractivity contribution < 1.29 is 9.59 Å². The summed E-state index contributed by atoms with van der Waals surface area (Å²) in [7, 11) is 0. The van der Waals surface area contributed by atoms with Gasteiger partial charge in [0.25, 0.3) is 0 Å². The smallest absolute Gasteiger partial charge is 0.243 e. The molecule has 0 unspecified atom stereocenters. The number of carbonyl (C=O) groups is 2. The van der Waals surface area contributed by atoms with E-state index in [4.69, 9.17) is 23.2 Å². The fraction of sp³-hybridized carbons (Fsp3) is 0.310. The van der Waals surface area contributed by atoms with Crippen LogP contribution in [0, 0.1) is 0 Å². The molecule has 4 nitrogen and oxygen atoms in total. The Morgan fingerprint density at radius 3 is 2.14 bits per heavy atom. The van der Waals surface area contributed by atoms with Gasteiger partial charge in [-0.3, -0.25) is 9.59 Å². The van der Waals surface area contributed by atoms with Crippen LogP contribution in [0.4, 0.5) is 0 Å². The maximum atomic E-state index is 13.8. The van der Waals surface area contributed by atoms with Gasteiger partial charge in [0.05, 0.1) is 5.75 Å². The molecular weight excluding hydrogens is 511 g/mol. The molecule has 2 amide bonds. The van der Waals surface area contributed by atoms with Crippen LogP contribution in [0.25, 0.3) is 0 Å². The number of hydrogen-bond donors (Lipinski definition) is 1. The highest BCUT2D eigenvalue weighted by atomic mass is 35.5. The van der Waals surface area contributed by atoms with Crippen molar-refractivity contribution >= 4 is 46.8 Å². The Bertz CT molecular complexity index is 1130. The number of nitrogens with zero attached hydrogens (tertiary/aromatic N) is 1. The molecule has 1 aliphatic carbocycles. The van der Waals surface area contributed by atoms with E-state index >= 15 is 0 Å². The Hall–Kier alpha value is -2.47. The second-order valence-corrected chi connectivity index (χ2v) is 10.9. The van der Waals surface area contributed by atoms with E-state index in [1.54, 1.807) is 23.1 Å². The number of rotatable bonds is 10. The zero-order chi connectivity index (χ0) is 25.3. The summed E-state index contributed by atoms with van der Waals surface area (Å²) in [5.41, 5.74) is 1.63. The zero-order valence-corrected chi connectivity index (χ0v) is 22.4. The fourth-order valence-corrected chi connectivity index (χ4v) is 5.84. The van der Waals surface area contributed by atoms with E-state index in [0.717, 1.165) is 36.1 Å². The van der Waals surface area contributed by atoms with Crippen LogP contribution in [0.3, 0.4) is 0 Å². The van der Waals surface area contributed by atoms with Crippen LogP contribution in [-0.4, -0.2) is 34.6 Å². The summed E-state index contributed by atoms with van der Waals surface area (Å²) in [5.74, 6) is -0.0667. The summed E-state index contributed by atoms with van der Waals surface area (Å²) in [6.07, 6.45) is 4.57. The second kappa shape index (κ2) is 13.2. The van der Waals surface area contributed by atoms with Gasteiger partial charge < -0.3 is 10.2 Å². The van der Waals surface area contributed by atoms with Gasteiger partial charge in [0.2, 0.25) is 11.8 Å². The van der Waals surface area contributed by atoms with Crippen molar-refractivity contribution in [2.75, 3.05) is 5.75 Å². The topological polar surface area (TPSA) is 49.4 Å². The maximum Gasteiger partial charge on any atom is 0.243 e. The molecule has 0 aliphatic heterocycles. The highest BCUT2D eigenvalue weighted by molar-refractivity contribution is 8.00. The van der Waals surface area contributed by atoms with Gasteiger partial charge in [-0.05, 0) is 42.7 Å². The lowest BCUT2D eigenvalue weighted by atomic mass is 10.0. The average Bonchev–Trinajstić information content (AvgIpc) is 3.40.